The molecule has 0 aromatic heterocycles. The van der Waals surface area contributed by atoms with E-state index in [-0.39, 0.29) is 5.91 Å². The third-order valence-electron chi connectivity index (χ3n) is 2.36. The SMILES string of the molecule is O=C(Nc1ccc(Cl)c(Br)c1)c1ccc(Cl)c(Cl)c1. The lowest BCUT2D eigenvalue weighted by Crippen LogP contribution is -2.11. The first-order valence-corrected chi connectivity index (χ1v) is 7.11. The smallest absolute Gasteiger partial charge is 0.255 e. The average Bonchev–Trinajstić information content (AvgIpc) is 2.37. The molecule has 1 amide bonds. The molecule has 0 bridgehead atoms. The summed E-state index contributed by atoms with van der Waals surface area (Å²) in [6, 6.07) is 9.83. The van der Waals surface area contributed by atoms with Gasteiger partial charge in [0.1, 0.15) is 0 Å². The zero-order valence-electron chi connectivity index (χ0n) is 9.38. The molecule has 0 saturated heterocycles. The zero-order chi connectivity index (χ0) is 14.0. The Kier molecular flexibility index (Phi) is 4.74. The predicted octanol–water partition coefficient (Wildman–Crippen LogP) is 5.66. The second kappa shape index (κ2) is 6.14. The second-order valence-corrected chi connectivity index (χ2v) is 5.79. The summed E-state index contributed by atoms with van der Waals surface area (Å²) in [5, 5.41) is 4.07. The molecule has 0 aliphatic carbocycles. The Labute approximate surface area is 133 Å². The number of benzene rings is 2. The molecule has 0 aliphatic heterocycles. The van der Waals surface area contributed by atoms with Crippen LogP contribution in [0, 0.1) is 0 Å². The summed E-state index contributed by atoms with van der Waals surface area (Å²) in [4.78, 5) is 12.0. The summed E-state index contributed by atoms with van der Waals surface area (Å²) in [6.45, 7) is 0. The molecule has 0 heterocycles. The first-order valence-electron chi connectivity index (χ1n) is 5.19. The fraction of sp³-hybridized carbons (Fsp3) is 0. The highest BCUT2D eigenvalue weighted by molar-refractivity contribution is 9.10. The van der Waals surface area contributed by atoms with E-state index in [0.29, 0.717) is 30.8 Å². The van der Waals surface area contributed by atoms with Crippen molar-refractivity contribution in [2.75, 3.05) is 5.32 Å². The molecular weight excluding hydrogens is 372 g/mol. The molecule has 98 valence electrons. The van der Waals surface area contributed by atoms with Crippen molar-refractivity contribution < 1.29 is 4.79 Å². The Morgan fingerprint density at radius 3 is 2.26 bits per heavy atom. The maximum Gasteiger partial charge on any atom is 0.255 e. The van der Waals surface area contributed by atoms with E-state index < -0.39 is 0 Å². The first kappa shape index (κ1) is 14.7. The van der Waals surface area contributed by atoms with Crippen molar-refractivity contribution in [3.63, 3.8) is 0 Å². The van der Waals surface area contributed by atoms with E-state index in [1.807, 2.05) is 0 Å². The number of hydrogen-bond acceptors (Lipinski definition) is 1. The molecule has 0 fully saturated rings. The number of hydrogen-bond donors (Lipinski definition) is 1. The van der Waals surface area contributed by atoms with Crippen LogP contribution in [0.15, 0.2) is 40.9 Å². The van der Waals surface area contributed by atoms with E-state index in [1.165, 1.54) is 6.07 Å². The van der Waals surface area contributed by atoms with Crippen LogP contribution >= 0.6 is 50.7 Å². The Bertz CT molecular complexity index is 646. The molecule has 0 atom stereocenters. The summed E-state index contributed by atoms with van der Waals surface area (Å²) in [6.07, 6.45) is 0. The second-order valence-electron chi connectivity index (χ2n) is 3.71. The van der Waals surface area contributed by atoms with Gasteiger partial charge >= 0.3 is 0 Å². The van der Waals surface area contributed by atoms with Gasteiger partial charge in [0.25, 0.3) is 5.91 Å². The first-order chi connectivity index (χ1) is 8.97. The summed E-state index contributed by atoms with van der Waals surface area (Å²) in [5.41, 5.74) is 1.06. The highest BCUT2D eigenvalue weighted by atomic mass is 79.9. The Morgan fingerprint density at radius 2 is 1.63 bits per heavy atom. The van der Waals surface area contributed by atoms with E-state index in [4.69, 9.17) is 34.8 Å². The number of nitrogens with one attached hydrogen (secondary N) is 1. The number of carbonyl (C=O) groups excluding carboxylic acids is 1. The molecular formula is C13H7BrCl3NO. The van der Waals surface area contributed by atoms with Crippen molar-refractivity contribution in [2.24, 2.45) is 0 Å². The Morgan fingerprint density at radius 1 is 0.947 bits per heavy atom. The normalized spacial score (nSPS) is 10.3. The topological polar surface area (TPSA) is 29.1 Å². The number of rotatable bonds is 2. The fourth-order valence-corrected chi connectivity index (χ4v) is 2.21. The molecule has 0 aliphatic rings. The molecule has 2 nitrogen and oxygen atoms in total. The number of anilines is 1. The third kappa shape index (κ3) is 3.63. The molecule has 0 unspecified atom stereocenters. The van der Waals surface area contributed by atoms with Gasteiger partial charge in [-0.25, -0.2) is 0 Å². The Hall–Kier alpha value is -0.740. The van der Waals surface area contributed by atoms with Gasteiger partial charge in [-0.1, -0.05) is 34.8 Å². The van der Waals surface area contributed by atoms with Gasteiger partial charge in [0.05, 0.1) is 15.1 Å². The highest BCUT2D eigenvalue weighted by Crippen LogP contribution is 2.26. The summed E-state index contributed by atoms with van der Waals surface area (Å²) < 4.78 is 0.709. The van der Waals surface area contributed by atoms with Gasteiger partial charge in [-0.15, -0.1) is 0 Å². The number of amides is 1. The van der Waals surface area contributed by atoms with E-state index in [0.717, 1.165) is 0 Å². The Balaban J connectivity index is 2.20. The minimum absolute atomic E-state index is 0.271. The lowest BCUT2D eigenvalue weighted by Gasteiger charge is -2.07. The quantitative estimate of drug-likeness (QED) is 0.716. The minimum Gasteiger partial charge on any atom is -0.322 e. The van der Waals surface area contributed by atoms with Gasteiger partial charge in [0.15, 0.2) is 0 Å². The highest BCUT2D eigenvalue weighted by Gasteiger charge is 2.09. The zero-order valence-corrected chi connectivity index (χ0v) is 13.2. The van der Waals surface area contributed by atoms with E-state index in [9.17, 15) is 4.79 Å². The molecule has 2 aromatic carbocycles. The van der Waals surface area contributed by atoms with Crippen molar-refractivity contribution in [3.8, 4) is 0 Å². The van der Waals surface area contributed by atoms with Crippen molar-refractivity contribution in [3.05, 3.63) is 61.5 Å². The van der Waals surface area contributed by atoms with Crippen LogP contribution in [0.2, 0.25) is 15.1 Å². The van der Waals surface area contributed by atoms with Crippen molar-refractivity contribution in [1.29, 1.82) is 0 Å². The predicted molar refractivity (Wildman–Crippen MR) is 83.6 cm³/mol. The van der Waals surface area contributed by atoms with Crippen LogP contribution in [0.4, 0.5) is 5.69 Å². The van der Waals surface area contributed by atoms with Gasteiger partial charge in [0, 0.05) is 15.7 Å². The molecule has 0 spiro atoms. The van der Waals surface area contributed by atoms with Gasteiger partial charge in [-0.2, -0.15) is 0 Å². The minimum atomic E-state index is -0.271. The number of carbonyl (C=O) groups is 1. The van der Waals surface area contributed by atoms with Gasteiger partial charge in [-0.05, 0) is 52.3 Å². The van der Waals surface area contributed by atoms with Crippen LogP contribution in [0.25, 0.3) is 0 Å². The van der Waals surface area contributed by atoms with Crippen LogP contribution in [0.5, 0.6) is 0 Å². The van der Waals surface area contributed by atoms with Crippen LogP contribution in [-0.2, 0) is 0 Å². The summed E-state index contributed by atoms with van der Waals surface area (Å²) in [5.74, 6) is -0.271. The van der Waals surface area contributed by atoms with Gasteiger partial charge < -0.3 is 5.32 Å². The van der Waals surface area contributed by atoms with Crippen molar-refractivity contribution >= 4 is 62.3 Å². The van der Waals surface area contributed by atoms with Crippen LogP contribution in [-0.4, -0.2) is 5.91 Å². The molecule has 1 N–H and O–H groups in total. The lowest BCUT2D eigenvalue weighted by molar-refractivity contribution is 0.102. The van der Waals surface area contributed by atoms with E-state index in [1.54, 1.807) is 30.3 Å². The van der Waals surface area contributed by atoms with Crippen LogP contribution in [0.3, 0.4) is 0 Å². The molecule has 2 aromatic rings. The van der Waals surface area contributed by atoms with Crippen LogP contribution in [0.1, 0.15) is 10.4 Å². The molecule has 6 heteroatoms. The van der Waals surface area contributed by atoms with Crippen molar-refractivity contribution in [1.82, 2.24) is 0 Å². The van der Waals surface area contributed by atoms with Crippen LogP contribution < -0.4 is 5.32 Å². The van der Waals surface area contributed by atoms with E-state index in [2.05, 4.69) is 21.2 Å². The largest absolute Gasteiger partial charge is 0.322 e. The maximum absolute atomic E-state index is 12.0. The average molecular weight is 379 g/mol. The summed E-state index contributed by atoms with van der Waals surface area (Å²) in [7, 11) is 0. The third-order valence-corrected chi connectivity index (χ3v) is 4.31. The summed E-state index contributed by atoms with van der Waals surface area (Å²) >= 11 is 20.8. The molecule has 19 heavy (non-hydrogen) atoms. The van der Waals surface area contributed by atoms with Gasteiger partial charge in [0.2, 0.25) is 0 Å². The monoisotopic (exact) mass is 377 g/mol. The number of halogens is 4. The van der Waals surface area contributed by atoms with E-state index >= 15 is 0 Å². The molecule has 0 radical (unpaired) electrons. The maximum atomic E-state index is 12.0. The van der Waals surface area contributed by atoms with Gasteiger partial charge in [-0.3, -0.25) is 4.79 Å². The molecule has 0 saturated carbocycles. The fourth-order valence-electron chi connectivity index (χ4n) is 1.41. The molecule has 2 rings (SSSR count). The van der Waals surface area contributed by atoms with Crippen molar-refractivity contribution in [2.45, 2.75) is 0 Å². The lowest BCUT2D eigenvalue weighted by atomic mass is 10.2. The standard InChI is InChI=1S/C13H7BrCl3NO/c14-9-6-8(2-4-10(9)15)18-13(19)7-1-3-11(16)12(17)5-7/h1-6H,(H,18,19).